The largest absolute Gasteiger partial charge is 0.508 e. The molecule has 0 unspecified atom stereocenters. The van der Waals surface area contributed by atoms with Crippen molar-refractivity contribution in [1.82, 2.24) is 0 Å². The molecule has 0 aliphatic carbocycles. The van der Waals surface area contributed by atoms with Gasteiger partial charge < -0.3 is 83.1 Å². The molecule has 0 bridgehead atoms. The van der Waals surface area contributed by atoms with E-state index in [1.807, 2.05) is 0 Å². The van der Waals surface area contributed by atoms with E-state index in [2.05, 4.69) is 0 Å². The second kappa shape index (κ2) is 22.3. The van der Waals surface area contributed by atoms with Crippen molar-refractivity contribution in [2.45, 2.75) is 68.6 Å². The maximum absolute atomic E-state index is 13.2. The van der Waals surface area contributed by atoms with Gasteiger partial charge in [-0.15, -0.1) is 0 Å². The average Bonchev–Trinajstić information content (AvgIpc) is 3.53. The SMILES string of the molecule is COc1cc([C@H]2Oc3cc([C@H]4Oc5cc(C)cc(O)c5C(=O)[C@@H]4O)ccc3O[C@@H]2COC(=O)CCSCCC(=O)OC[C@H]2Oc3ccc([C@H]4Oc5cc(O)cc(O)c5C(=O)[C@@H]4O)cc3O[C@@H]2c2ccc(O)c(OC)c2)ccc1O. The summed E-state index contributed by atoms with van der Waals surface area (Å²) in [7, 11) is 2.76. The first-order valence-corrected chi connectivity index (χ1v) is 25.9. The molecule has 6 aromatic rings. The van der Waals surface area contributed by atoms with Crippen LogP contribution in [0.4, 0.5) is 0 Å². The number of phenolic OH excluding ortho intramolecular Hbond substituents is 5. The smallest absolute Gasteiger partial charge is 0.306 e. The van der Waals surface area contributed by atoms with Crippen molar-refractivity contribution in [3.8, 4) is 74.7 Å². The molecule has 4 heterocycles. The van der Waals surface area contributed by atoms with E-state index < -0.39 is 78.1 Å². The third-order valence-corrected chi connectivity index (χ3v) is 14.5. The number of ether oxygens (including phenoxy) is 10. The fourth-order valence-corrected chi connectivity index (χ4v) is 10.4. The van der Waals surface area contributed by atoms with Gasteiger partial charge in [-0.1, -0.05) is 24.3 Å². The monoisotopic (exact) mass is 1100 g/mol. The van der Waals surface area contributed by atoms with E-state index in [0.29, 0.717) is 27.8 Å². The van der Waals surface area contributed by atoms with Crippen LogP contribution >= 0.6 is 11.8 Å². The maximum atomic E-state index is 13.2. The summed E-state index contributed by atoms with van der Waals surface area (Å²) in [6.45, 7) is 1.20. The first-order valence-electron chi connectivity index (χ1n) is 24.7. The quantitative estimate of drug-likeness (QED) is 0.0381. The Bertz CT molecular complexity index is 3140. The molecule has 79 heavy (non-hydrogen) atoms. The molecule has 10 rings (SSSR count). The number of aryl methyl sites for hydroxylation is 1. The minimum atomic E-state index is -1.73. The zero-order chi connectivity index (χ0) is 55.8. The predicted octanol–water partition coefficient (Wildman–Crippen LogP) is 6.96. The molecule has 0 amide bonds. The number of phenols is 5. The molecule has 0 radical (unpaired) electrons. The number of aliphatic hydroxyl groups excluding tert-OH is 2. The molecule has 7 N–H and O–H groups in total. The van der Waals surface area contributed by atoms with Crippen molar-refractivity contribution in [3.05, 3.63) is 136 Å². The van der Waals surface area contributed by atoms with Crippen LogP contribution in [0.15, 0.2) is 97.1 Å². The van der Waals surface area contributed by atoms with Crippen molar-refractivity contribution >= 4 is 35.3 Å². The van der Waals surface area contributed by atoms with Gasteiger partial charge in [0.05, 0.1) is 27.1 Å². The number of hydrogen-bond donors (Lipinski definition) is 7. The van der Waals surface area contributed by atoms with Gasteiger partial charge in [0.1, 0.15) is 53.1 Å². The Kier molecular flexibility index (Phi) is 15.2. The summed E-state index contributed by atoms with van der Waals surface area (Å²) in [5.41, 5.74) is 1.91. The van der Waals surface area contributed by atoms with Crippen molar-refractivity contribution in [2.24, 2.45) is 0 Å². The number of benzene rings is 6. The van der Waals surface area contributed by atoms with E-state index >= 15 is 0 Å². The molecular formula is C57H52O21S. The van der Waals surface area contributed by atoms with E-state index in [0.717, 1.165) is 12.1 Å². The highest BCUT2D eigenvalue weighted by molar-refractivity contribution is 7.99. The van der Waals surface area contributed by atoms with Crippen LogP contribution in [0.2, 0.25) is 0 Å². The van der Waals surface area contributed by atoms with E-state index in [-0.39, 0.29) is 118 Å². The molecule has 4 aliphatic rings. The van der Waals surface area contributed by atoms with Crippen molar-refractivity contribution < 1.29 is 102 Å². The Hall–Kier alpha value is -8.73. The van der Waals surface area contributed by atoms with Gasteiger partial charge in [-0.3, -0.25) is 19.2 Å². The fraction of sp³-hybridized carbons (Fsp3) is 0.298. The van der Waals surface area contributed by atoms with Gasteiger partial charge in [0.25, 0.3) is 0 Å². The first-order chi connectivity index (χ1) is 38.0. The standard InChI is InChI=1S/C57H52O21S/c1-26-16-34(61)48-42(17-26)77-56(52(67)50(48)65)29-6-10-36-40(20-29)75-54(27-4-8-32(59)38(18-27)69-2)44(73-36)24-71-46(63)12-14-79-15-13-47(64)72-25-45-55(28-5-9-33(60)39(19-28)70-3)76-41-21-30(7-11-37(41)74-45)57-53(68)51(66)49-35(62)22-31(58)23-43(49)78-57/h4-11,16-23,44-45,52-62,67-68H,12-15,24-25H2,1-3H3/t44-,45-,52+,53+,54-,55-,56-,57-/m1/s1. The van der Waals surface area contributed by atoms with Crippen LogP contribution in [-0.4, -0.2) is 123 Å². The van der Waals surface area contributed by atoms with Crippen molar-refractivity contribution in [1.29, 1.82) is 0 Å². The summed E-state index contributed by atoms with van der Waals surface area (Å²) >= 11 is 1.32. The zero-order valence-corrected chi connectivity index (χ0v) is 43.2. The molecule has 412 valence electrons. The number of hydrogen-bond acceptors (Lipinski definition) is 22. The lowest BCUT2D eigenvalue weighted by Gasteiger charge is -2.35. The Morgan fingerprint density at radius 2 is 0.899 bits per heavy atom. The Labute approximate surface area is 454 Å². The number of thioether (sulfide) groups is 1. The van der Waals surface area contributed by atoms with Crippen LogP contribution in [-0.2, 0) is 19.1 Å². The highest BCUT2D eigenvalue weighted by Crippen LogP contribution is 2.48. The molecule has 0 fully saturated rings. The predicted molar refractivity (Wildman–Crippen MR) is 276 cm³/mol. The van der Waals surface area contributed by atoms with Gasteiger partial charge in [-0.25, -0.2) is 0 Å². The van der Waals surface area contributed by atoms with E-state index in [9.17, 15) is 54.9 Å². The third kappa shape index (κ3) is 10.9. The Morgan fingerprint density at radius 3 is 1.37 bits per heavy atom. The van der Waals surface area contributed by atoms with E-state index in [1.165, 1.54) is 62.4 Å². The molecule has 4 aliphatic heterocycles. The zero-order valence-electron chi connectivity index (χ0n) is 42.4. The number of carbonyl (C=O) groups excluding carboxylic acids is 4. The van der Waals surface area contributed by atoms with Gasteiger partial charge in [0.2, 0.25) is 11.6 Å². The van der Waals surface area contributed by atoms with Gasteiger partial charge in [-0.2, -0.15) is 11.8 Å². The van der Waals surface area contributed by atoms with Crippen LogP contribution in [0.3, 0.4) is 0 Å². The number of ketones is 2. The number of carbonyl (C=O) groups is 4. The number of aromatic hydroxyl groups is 5. The number of esters is 2. The lowest BCUT2D eigenvalue weighted by molar-refractivity contribution is -0.148. The minimum Gasteiger partial charge on any atom is -0.508 e. The molecule has 21 nitrogen and oxygen atoms in total. The van der Waals surface area contributed by atoms with Crippen LogP contribution in [0.25, 0.3) is 0 Å². The molecule has 0 aromatic heterocycles. The molecule has 6 aromatic carbocycles. The molecular weight excluding hydrogens is 1050 g/mol. The first kappa shape index (κ1) is 53.7. The number of rotatable bonds is 16. The summed E-state index contributed by atoms with van der Waals surface area (Å²) in [6, 6.07) is 23.5. The van der Waals surface area contributed by atoms with Crippen LogP contribution in [0.5, 0.6) is 74.7 Å². The Morgan fingerprint density at radius 1 is 0.481 bits per heavy atom. The number of methoxy groups -OCH3 is 2. The van der Waals surface area contributed by atoms with Crippen molar-refractivity contribution in [2.75, 3.05) is 38.9 Å². The molecule has 22 heteroatoms. The number of fused-ring (bicyclic) bond motifs is 4. The number of Topliss-reactive ketones (excluding diaryl/α,β-unsaturated/α-hetero) is 2. The summed E-state index contributed by atoms with van der Waals surface area (Å²) in [5, 5.41) is 73.5. The van der Waals surface area contributed by atoms with Gasteiger partial charge >= 0.3 is 11.9 Å². The maximum Gasteiger partial charge on any atom is 0.306 e. The third-order valence-electron chi connectivity index (χ3n) is 13.5. The molecule has 8 atom stereocenters. The summed E-state index contributed by atoms with van der Waals surface area (Å²) < 4.78 is 59.6. The van der Waals surface area contributed by atoms with Gasteiger partial charge in [0.15, 0.2) is 94.8 Å². The lowest BCUT2D eigenvalue weighted by atomic mass is 9.92. The highest BCUT2D eigenvalue weighted by Gasteiger charge is 2.43. The van der Waals surface area contributed by atoms with E-state index in [4.69, 9.17) is 47.4 Å². The number of aliphatic hydroxyl groups is 2. The van der Waals surface area contributed by atoms with E-state index in [1.54, 1.807) is 55.5 Å². The molecule has 0 saturated heterocycles. The molecule has 0 saturated carbocycles. The fourth-order valence-electron chi connectivity index (χ4n) is 9.59. The summed E-state index contributed by atoms with van der Waals surface area (Å²) in [6.07, 6.45) is -9.55. The average molecular weight is 1110 g/mol. The van der Waals surface area contributed by atoms with Gasteiger partial charge in [0, 0.05) is 34.8 Å². The topological polar surface area (TPSA) is 302 Å². The van der Waals surface area contributed by atoms with Crippen molar-refractivity contribution in [3.63, 3.8) is 0 Å². The van der Waals surface area contributed by atoms with Crippen LogP contribution in [0, 0.1) is 6.92 Å². The normalized spacial score (nSPS) is 21.6. The van der Waals surface area contributed by atoms with Crippen LogP contribution in [0.1, 0.15) is 85.8 Å². The second-order valence-corrected chi connectivity index (χ2v) is 20.1. The van der Waals surface area contributed by atoms with Gasteiger partial charge in [-0.05, 0) is 84.3 Å². The lowest BCUT2D eigenvalue weighted by Crippen LogP contribution is -2.38. The second-order valence-electron chi connectivity index (χ2n) is 18.8. The summed E-state index contributed by atoms with van der Waals surface area (Å²) in [4.78, 5) is 52.6. The minimum absolute atomic E-state index is 0.0252. The Balaban J connectivity index is 0.741. The van der Waals surface area contributed by atoms with Crippen LogP contribution < -0.4 is 37.9 Å². The summed E-state index contributed by atoms with van der Waals surface area (Å²) in [5.74, 6) is -2.36. The molecule has 0 spiro atoms. The highest BCUT2D eigenvalue weighted by atomic mass is 32.2.